The molecule has 1 unspecified atom stereocenters. The average molecular weight is 228 g/mol. The fourth-order valence-electron chi connectivity index (χ4n) is 1.46. The summed E-state index contributed by atoms with van der Waals surface area (Å²) in [5, 5.41) is 3.15. The van der Waals surface area contributed by atoms with E-state index in [1.54, 1.807) is 0 Å². The van der Waals surface area contributed by atoms with Crippen LogP contribution in [0, 0.1) is 11.6 Å². The van der Waals surface area contributed by atoms with Crippen LogP contribution in [0.5, 0.6) is 0 Å². The van der Waals surface area contributed by atoms with Crippen LogP contribution in [-0.2, 0) is 0 Å². The van der Waals surface area contributed by atoms with E-state index in [0.717, 1.165) is 25.2 Å². The molecule has 0 spiro atoms. The molecule has 0 aliphatic carbocycles. The molecule has 0 saturated heterocycles. The highest BCUT2D eigenvalue weighted by atomic mass is 19.1. The lowest BCUT2D eigenvalue weighted by Gasteiger charge is -2.17. The minimum Gasteiger partial charge on any atom is -0.309 e. The summed E-state index contributed by atoms with van der Waals surface area (Å²) in [6.45, 7) is 3.43. The van der Waals surface area contributed by atoms with Gasteiger partial charge >= 0.3 is 0 Å². The Balaban J connectivity index is 2.58. The molecular formula is C12H18F2N2. The van der Waals surface area contributed by atoms with E-state index in [1.807, 2.05) is 25.9 Å². The van der Waals surface area contributed by atoms with Gasteiger partial charge in [0.15, 0.2) is 0 Å². The molecule has 0 fully saturated rings. The van der Waals surface area contributed by atoms with Crippen molar-refractivity contribution in [3.05, 3.63) is 35.4 Å². The second kappa shape index (κ2) is 5.92. The van der Waals surface area contributed by atoms with Gasteiger partial charge in [-0.1, -0.05) is 0 Å². The summed E-state index contributed by atoms with van der Waals surface area (Å²) in [7, 11) is 3.93. The molecule has 1 aromatic rings. The fourth-order valence-corrected chi connectivity index (χ4v) is 1.46. The normalized spacial score (nSPS) is 13.1. The van der Waals surface area contributed by atoms with Crippen LogP contribution in [-0.4, -0.2) is 32.1 Å². The molecule has 1 atom stereocenters. The summed E-state index contributed by atoms with van der Waals surface area (Å²) in [6.07, 6.45) is 0. The zero-order valence-electron chi connectivity index (χ0n) is 9.93. The maximum Gasteiger partial charge on any atom is 0.128 e. The maximum absolute atomic E-state index is 13.4. The van der Waals surface area contributed by atoms with Gasteiger partial charge in [-0.25, -0.2) is 8.78 Å². The highest BCUT2D eigenvalue weighted by Crippen LogP contribution is 2.17. The van der Waals surface area contributed by atoms with E-state index in [0.29, 0.717) is 5.56 Å². The van der Waals surface area contributed by atoms with Crippen LogP contribution in [0.2, 0.25) is 0 Å². The van der Waals surface area contributed by atoms with Gasteiger partial charge in [0, 0.05) is 24.7 Å². The van der Waals surface area contributed by atoms with Crippen LogP contribution >= 0.6 is 0 Å². The van der Waals surface area contributed by atoms with Gasteiger partial charge in [0.1, 0.15) is 11.6 Å². The number of rotatable bonds is 5. The van der Waals surface area contributed by atoms with Crippen molar-refractivity contribution < 1.29 is 8.78 Å². The summed E-state index contributed by atoms with van der Waals surface area (Å²) in [4.78, 5) is 2.03. The first-order valence-corrected chi connectivity index (χ1v) is 5.33. The fraction of sp³-hybridized carbons (Fsp3) is 0.500. The van der Waals surface area contributed by atoms with E-state index in [1.165, 1.54) is 6.07 Å². The van der Waals surface area contributed by atoms with Crippen LogP contribution in [0.1, 0.15) is 18.5 Å². The third kappa shape index (κ3) is 3.87. The number of likely N-dealkylation sites (N-methyl/N-ethyl adjacent to an activating group) is 1. The van der Waals surface area contributed by atoms with Crippen LogP contribution in [0.15, 0.2) is 18.2 Å². The molecule has 2 nitrogen and oxygen atoms in total. The molecule has 1 rings (SSSR count). The Morgan fingerprint density at radius 2 is 2.00 bits per heavy atom. The number of nitrogens with one attached hydrogen (secondary N) is 1. The van der Waals surface area contributed by atoms with Crippen molar-refractivity contribution >= 4 is 0 Å². The zero-order valence-corrected chi connectivity index (χ0v) is 9.93. The first-order valence-electron chi connectivity index (χ1n) is 5.33. The summed E-state index contributed by atoms with van der Waals surface area (Å²) in [6, 6.07) is 3.35. The molecule has 4 heteroatoms. The second-order valence-electron chi connectivity index (χ2n) is 4.14. The Bertz CT molecular complexity index is 340. The van der Waals surface area contributed by atoms with Crippen molar-refractivity contribution in [1.29, 1.82) is 0 Å². The molecule has 0 aliphatic rings. The zero-order chi connectivity index (χ0) is 12.1. The van der Waals surface area contributed by atoms with Gasteiger partial charge in [0.2, 0.25) is 0 Å². The van der Waals surface area contributed by atoms with Gasteiger partial charge in [-0.05, 0) is 39.2 Å². The van der Waals surface area contributed by atoms with Crippen LogP contribution in [0.3, 0.4) is 0 Å². The molecule has 1 aromatic carbocycles. The van der Waals surface area contributed by atoms with Crippen molar-refractivity contribution in [1.82, 2.24) is 10.2 Å². The summed E-state index contributed by atoms with van der Waals surface area (Å²) >= 11 is 0. The van der Waals surface area contributed by atoms with Crippen molar-refractivity contribution in [2.45, 2.75) is 13.0 Å². The number of halogens is 2. The third-order valence-corrected chi connectivity index (χ3v) is 2.43. The topological polar surface area (TPSA) is 15.3 Å². The Kier molecular flexibility index (Phi) is 4.83. The predicted molar refractivity (Wildman–Crippen MR) is 61.3 cm³/mol. The largest absolute Gasteiger partial charge is 0.309 e. The predicted octanol–water partition coefficient (Wildman–Crippen LogP) is 2.18. The second-order valence-corrected chi connectivity index (χ2v) is 4.14. The minimum atomic E-state index is -0.405. The van der Waals surface area contributed by atoms with Gasteiger partial charge in [-0.2, -0.15) is 0 Å². The third-order valence-electron chi connectivity index (χ3n) is 2.43. The van der Waals surface area contributed by atoms with E-state index in [9.17, 15) is 8.78 Å². The van der Waals surface area contributed by atoms with E-state index >= 15 is 0 Å². The quantitative estimate of drug-likeness (QED) is 0.831. The maximum atomic E-state index is 13.4. The Morgan fingerprint density at radius 3 is 2.62 bits per heavy atom. The Hall–Kier alpha value is -1.00. The molecular weight excluding hydrogens is 210 g/mol. The van der Waals surface area contributed by atoms with Crippen LogP contribution in [0.25, 0.3) is 0 Å². The van der Waals surface area contributed by atoms with Crippen molar-refractivity contribution in [3.8, 4) is 0 Å². The van der Waals surface area contributed by atoms with Crippen molar-refractivity contribution in [2.75, 3.05) is 27.2 Å². The number of hydrogen-bond acceptors (Lipinski definition) is 2. The Morgan fingerprint density at radius 1 is 1.31 bits per heavy atom. The van der Waals surface area contributed by atoms with Gasteiger partial charge in [-0.3, -0.25) is 0 Å². The SMILES string of the molecule is CC(NCCN(C)C)c1cc(F)ccc1F. The Labute approximate surface area is 95.3 Å². The van der Waals surface area contributed by atoms with Crippen LogP contribution in [0.4, 0.5) is 8.78 Å². The lowest BCUT2D eigenvalue weighted by molar-refractivity contribution is 0.386. The molecule has 0 bridgehead atoms. The molecule has 0 aliphatic heterocycles. The van der Waals surface area contributed by atoms with Gasteiger partial charge in [0.25, 0.3) is 0 Å². The monoisotopic (exact) mass is 228 g/mol. The first kappa shape index (κ1) is 13.1. The summed E-state index contributed by atoms with van der Waals surface area (Å²) < 4.78 is 26.3. The molecule has 90 valence electrons. The molecule has 0 radical (unpaired) electrons. The van der Waals surface area contributed by atoms with E-state index in [-0.39, 0.29) is 11.9 Å². The van der Waals surface area contributed by atoms with Crippen molar-refractivity contribution in [3.63, 3.8) is 0 Å². The number of nitrogens with zero attached hydrogens (tertiary/aromatic N) is 1. The molecule has 0 saturated carbocycles. The molecule has 16 heavy (non-hydrogen) atoms. The lowest BCUT2D eigenvalue weighted by atomic mass is 10.1. The molecule has 0 amide bonds. The molecule has 0 aromatic heterocycles. The van der Waals surface area contributed by atoms with Gasteiger partial charge < -0.3 is 10.2 Å². The highest BCUT2D eigenvalue weighted by molar-refractivity contribution is 5.21. The van der Waals surface area contributed by atoms with E-state index in [2.05, 4.69) is 5.32 Å². The smallest absolute Gasteiger partial charge is 0.128 e. The van der Waals surface area contributed by atoms with Gasteiger partial charge in [0.05, 0.1) is 0 Å². The minimum absolute atomic E-state index is 0.185. The molecule has 1 N–H and O–H groups in total. The molecule has 0 heterocycles. The van der Waals surface area contributed by atoms with E-state index < -0.39 is 5.82 Å². The van der Waals surface area contributed by atoms with Crippen LogP contribution < -0.4 is 5.32 Å². The number of benzene rings is 1. The summed E-state index contributed by atoms with van der Waals surface area (Å²) in [5.41, 5.74) is 0.374. The van der Waals surface area contributed by atoms with Gasteiger partial charge in [-0.15, -0.1) is 0 Å². The lowest BCUT2D eigenvalue weighted by Crippen LogP contribution is -2.29. The van der Waals surface area contributed by atoms with E-state index in [4.69, 9.17) is 0 Å². The summed E-state index contributed by atoms with van der Waals surface area (Å²) in [5.74, 6) is -0.774. The number of hydrogen-bond donors (Lipinski definition) is 1. The first-order chi connectivity index (χ1) is 7.50. The van der Waals surface area contributed by atoms with Crippen molar-refractivity contribution in [2.24, 2.45) is 0 Å². The average Bonchev–Trinajstić information content (AvgIpc) is 2.21. The highest BCUT2D eigenvalue weighted by Gasteiger charge is 2.11. The standard InChI is InChI=1S/C12H18F2N2/c1-9(15-6-7-16(2)3)11-8-10(13)4-5-12(11)14/h4-5,8-9,15H,6-7H2,1-3H3.